The minimum atomic E-state index is -1.28. The van der Waals surface area contributed by atoms with Crippen molar-refractivity contribution in [2.45, 2.75) is 18.0 Å². The summed E-state index contributed by atoms with van der Waals surface area (Å²) in [5.74, 6) is -1.43. The molecule has 0 bridgehead atoms. The number of benzene rings is 1. The summed E-state index contributed by atoms with van der Waals surface area (Å²) in [5.41, 5.74) is -0.120. The minimum Gasteiger partial charge on any atom is -0.383 e. The van der Waals surface area contributed by atoms with E-state index >= 15 is 0 Å². The Labute approximate surface area is 172 Å². The van der Waals surface area contributed by atoms with Crippen molar-refractivity contribution in [1.29, 1.82) is 0 Å². The Kier molecular flexibility index (Phi) is 5.16. The molecule has 4 rings (SSSR count). The van der Waals surface area contributed by atoms with Gasteiger partial charge in [0.1, 0.15) is 5.54 Å². The fourth-order valence-electron chi connectivity index (χ4n) is 4.75. The number of hydrogen-bond acceptors (Lipinski definition) is 6. The number of nitrogens with zero attached hydrogens (tertiary/aromatic N) is 1. The molecule has 9 heteroatoms. The second kappa shape index (κ2) is 7.33. The molecule has 2 saturated heterocycles. The summed E-state index contributed by atoms with van der Waals surface area (Å²) in [5, 5.41) is 6.64. The highest BCUT2D eigenvalue weighted by Gasteiger charge is 2.70. The molecule has 1 aromatic carbocycles. The summed E-state index contributed by atoms with van der Waals surface area (Å²) in [6.07, 6.45) is 2.68. The Morgan fingerprint density at radius 3 is 2.79 bits per heavy atom. The molecule has 0 unspecified atom stereocenters. The number of amides is 3. The third kappa shape index (κ3) is 2.62. The van der Waals surface area contributed by atoms with E-state index in [9.17, 15) is 14.4 Å². The largest absolute Gasteiger partial charge is 0.383 e. The molecule has 3 aliphatic heterocycles. The quantitative estimate of drug-likeness (QED) is 0.673. The van der Waals surface area contributed by atoms with Gasteiger partial charge in [0.05, 0.1) is 35.7 Å². The van der Waals surface area contributed by atoms with E-state index in [0.29, 0.717) is 22.7 Å². The molecule has 150 valence electrons. The van der Waals surface area contributed by atoms with Crippen LogP contribution in [0.2, 0.25) is 5.02 Å². The van der Waals surface area contributed by atoms with Crippen molar-refractivity contribution >= 4 is 46.8 Å². The van der Waals surface area contributed by atoms with Crippen LogP contribution in [-0.2, 0) is 24.7 Å². The molecule has 0 saturated carbocycles. The third-order valence-electron chi connectivity index (χ3n) is 5.94. The molecule has 3 heterocycles. The van der Waals surface area contributed by atoms with Crippen LogP contribution < -0.4 is 10.6 Å². The first kappa shape index (κ1) is 19.7. The van der Waals surface area contributed by atoms with Crippen LogP contribution in [-0.4, -0.2) is 60.9 Å². The monoisotopic (exact) mass is 423 g/mol. The van der Waals surface area contributed by atoms with Crippen LogP contribution in [0.1, 0.15) is 12.0 Å². The Bertz CT molecular complexity index is 850. The van der Waals surface area contributed by atoms with Crippen molar-refractivity contribution in [2.24, 2.45) is 11.8 Å². The van der Waals surface area contributed by atoms with E-state index in [4.69, 9.17) is 16.3 Å². The number of para-hydroxylation sites is 1. The SMILES string of the molecule is COCCN1C(=O)[C@H]2[C@@H](C1=O)[C@@]1(N[C@@H]2CCSC)C(=O)Nc2c(Cl)cccc21. The number of fused-ring (bicyclic) bond motifs is 4. The first-order valence-corrected chi connectivity index (χ1v) is 11.0. The molecule has 28 heavy (non-hydrogen) atoms. The molecule has 3 amide bonds. The number of methoxy groups -OCH3 is 1. The lowest BCUT2D eigenvalue weighted by Gasteiger charge is -2.29. The van der Waals surface area contributed by atoms with Gasteiger partial charge in [0.15, 0.2) is 0 Å². The average molecular weight is 424 g/mol. The van der Waals surface area contributed by atoms with Gasteiger partial charge in [-0.15, -0.1) is 0 Å². The standard InChI is InChI=1S/C19H22ClN3O4S/c1-27-8-7-23-16(24)13-12(6-9-28-2)22-19(14(13)17(23)25)10-4-3-5-11(20)15(10)21-18(19)26/h3-5,12-14,22H,6-9H2,1-2H3,(H,21,26)/t12-,13-,14+,19-/m1/s1. The van der Waals surface area contributed by atoms with Crippen LogP contribution in [0, 0.1) is 11.8 Å². The van der Waals surface area contributed by atoms with E-state index < -0.39 is 17.4 Å². The molecule has 7 nitrogen and oxygen atoms in total. The average Bonchev–Trinajstić information content (AvgIpc) is 3.25. The Morgan fingerprint density at radius 2 is 2.07 bits per heavy atom. The minimum absolute atomic E-state index is 0.191. The van der Waals surface area contributed by atoms with Crippen molar-refractivity contribution in [1.82, 2.24) is 10.2 Å². The van der Waals surface area contributed by atoms with Gasteiger partial charge in [0.2, 0.25) is 17.7 Å². The molecule has 1 aromatic rings. The van der Waals surface area contributed by atoms with Gasteiger partial charge in [-0.3, -0.25) is 24.6 Å². The molecule has 2 N–H and O–H groups in total. The van der Waals surface area contributed by atoms with E-state index in [1.807, 2.05) is 6.26 Å². The molecular weight excluding hydrogens is 402 g/mol. The van der Waals surface area contributed by atoms with Crippen molar-refractivity contribution in [3.63, 3.8) is 0 Å². The van der Waals surface area contributed by atoms with Gasteiger partial charge in [-0.1, -0.05) is 23.7 Å². The molecular formula is C19H22ClN3O4S. The Balaban J connectivity index is 1.82. The van der Waals surface area contributed by atoms with E-state index in [-0.39, 0.29) is 36.9 Å². The number of carbonyl (C=O) groups excluding carboxylic acids is 3. The summed E-state index contributed by atoms with van der Waals surface area (Å²) in [4.78, 5) is 40.9. The number of rotatable bonds is 6. The number of anilines is 1. The number of carbonyl (C=O) groups is 3. The number of ether oxygens (including phenoxy) is 1. The third-order valence-corrected chi connectivity index (χ3v) is 6.90. The molecule has 1 spiro atoms. The number of halogens is 1. The van der Waals surface area contributed by atoms with Gasteiger partial charge in [0, 0.05) is 18.7 Å². The lowest BCUT2D eigenvalue weighted by atomic mass is 9.76. The normalized spacial score (nSPS) is 30.9. The molecule has 4 atom stereocenters. The summed E-state index contributed by atoms with van der Waals surface area (Å²) < 4.78 is 5.06. The zero-order valence-electron chi connectivity index (χ0n) is 15.7. The van der Waals surface area contributed by atoms with Crippen molar-refractivity contribution in [3.8, 4) is 0 Å². The van der Waals surface area contributed by atoms with E-state index in [0.717, 1.165) is 5.75 Å². The smallest absolute Gasteiger partial charge is 0.250 e. The maximum atomic E-state index is 13.3. The van der Waals surface area contributed by atoms with Crippen LogP contribution in [0.4, 0.5) is 5.69 Å². The number of nitrogens with one attached hydrogen (secondary N) is 2. The first-order valence-electron chi connectivity index (χ1n) is 9.18. The van der Waals surface area contributed by atoms with Crippen LogP contribution in [0.5, 0.6) is 0 Å². The lowest BCUT2D eigenvalue weighted by Crippen LogP contribution is -2.53. The van der Waals surface area contributed by atoms with Crippen molar-refractivity contribution in [3.05, 3.63) is 28.8 Å². The molecule has 0 radical (unpaired) electrons. The van der Waals surface area contributed by atoms with E-state index in [2.05, 4.69) is 10.6 Å². The van der Waals surface area contributed by atoms with E-state index in [1.165, 1.54) is 12.0 Å². The molecule has 0 aromatic heterocycles. The summed E-state index contributed by atoms with van der Waals surface area (Å²) >= 11 is 7.96. The summed E-state index contributed by atoms with van der Waals surface area (Å²) in [6.45, 7) is 0.456. The first-order chi connectivity index (χ1) is 13.5. The topological polar surface area (TPSA) is 87.7 Å². The highest BCUT2D eigenvalue weighted by Crippen LogP contribution is 2.54. The van der Waals surface area contributed by atoms with Gasteiger partial charge in [-0.25, -0.2) is 0 Å². The molecule has 0 aliphatic carbocycles. The Hall–Kier alpha value is -1.61. The fourth-order valence-corrected chi connectivity index (χ4v) is 5.46. The van der Waals surface area contributed by atoms with Crippen molar-refractivity contribution in [2.75, 3.05) is 37.6 Å². The maximum Gasteiger partial charge on any atom is 0.250 e. The lowest BCUT2D eigenvalue weighted by molar-refractivity contribution is -0.143. The molecule has 2 fully saturated rings. The predicted molar refractivity (Wildman–Crippen MR) is 107 cm³/mol. The van der Waals surface area contributed by atoms with Crippen LogP contribution in [0.15, 0.2) is 18.2 Å². The predicted octanol–water partition coefficient (Wildman–Crippen LogP) is 1.46. The number of hydrogen-bond donors (Lipinski definition) is 2. The summed E-state index contributed by atoms with van der Waals surface area (Å²) in [6, 6.07) is 5.00. The van der Waals surface area contributed by atoms with Gasteiger partial charge < -0.3 is 10.1 Å². The Morgan fingerprint density at radius 1 is 1.29 bits per heavy atom. The zero-order chi connectivity index (χ0) is 20.1. The maximum absolute atomic E-state index is 13.3. The second-order valence-electron chi connectivity index (χ2n) is 7.28. The van der Waals surface area contributed by atoms with Gasteiger partial charge in [-0.2, -0.15) is 11.8 Å². The number of imide groups is 1. The zero-order valence-corrected chi connectivity index (χ0v) is 17.2. The second-order valence-corrected chi connectivity index (χ2v) is 8.67. The molecule has 3 aliphatic rings. The summed E-state index contributed by atoms with van der Waals surface area (Å²) in [7, 11) is 1.53. The van der Waals surface area contributed by atoms with Crippen LogP contribution >= 0.6 is 23.4 Å². The number of likely N-dealkylation sites (tertiary alicyclic amines) is 1. The van der Waals surface area contributed by atoms with Gasteiger partial charge in [-0.05, 0) is 24.5 Å². The van der Waals surface area contributed by atoms with Gasteiger partial charge in [0.25, 0.3) is 0 Å². The fraction of sp³-hybridized carbons (Fsp3) is 0.526. The van der Waals surface area contributed by atoms with E-state index in [1.54, 1.807) is 30.0 Å². The highest BCUT2D eigenvalue weighted by molar-refractivity contribution is 7.98. The van der Waals surface area contributed by atoms with Crippen LogP contribution in [0.25, 0.3) is 0 Å². The highest BCUT2D eigenvalue weighted by atomic mass is 35.5. The van der Waals surface area contributed by atoms with Crippen molar-refractivity contribution < 1.29 is 19.1 Å². The van der Waals surface area contributed by atoms with Gasteiger partial charge >= 0.3 is 0 Å². The van der Waals surface area contributed by atoms with Crippen LogP contribution in [0.3, 0.4) is 0 Å². The number of thioether (sulfide) groups is 1.